The number of carbonyl (C=O) groups excluding carboxylic acids is 1. The summed E-state index contributed by atoms with van der Waals surface area (Å²) in [6, 6.07) is 15.8. The lowest BCUT2D eigenvalue weighted by Gasteiger charge is -2.45. The predicted molar refractivity (Wildman–Crippen MR) is 144 cm³/mol. The molecule has 0 unspecified atom stereocenters. The minimum Gasteiger partial charge on any atom is -0.492 e. The van der Waals surface area contributed by atoms with Crippen LogP contribution in [0.25, 0.3) is 0 Å². The quantitative estimate of drug-likeness (QED) is 0.506. The Hall–Kier alpha value is -2.24. The third kappa shape index (κ3) is 6.95. The van der Waals surface area contributed by atoms with Crippen LogP contribution in [0.2, 0.25) is 5.02 Å². The molecule has 2 aliphatic heterocycles. The van der Waals surface area contributed by atoms with Crippen LogP contribution >= 0.6 is 11.6 Å². The number of piperidine rings is 1. The Balaban J connectivity index is 1.20. The molecule has 5 rings (SSSR count). The van der Waals surface area contributed by atoms with Gasteiger partial charge in [0.25, 0.3) is 5.91 Å². The number of fused-ring (bicyclic) bond motifs is 1. The standard InChI is InChI=1S/C30H39ClN2O3/c31-26-8-5-9-27(20-26)36-22-29(34)33-16-14-30(15-17-33)13-4-3-7-25-6-1-2-10-28(25)35-19-18-32(23-30)21-24-11-12-24/h1-2,5-6,8-10,20,24H,3-4,7,11-19,21-23H2. The number of halogens is 1. The number of likely N-dealkylation sites (tertiary alicyclic amines) is 1. The van der Waals surface area contributed by atoms with Crippen LogP contribution in [0.5, 0.6) is 11.5 Å². The number of amides is 1. The average molecular weight is 511 g/mol. The molecule has 36 heavy (non-hydrogen) atoms. The molecule has 194 valence electrons. The summed E-state index contributed by atoms with van der Waals surface area (Å²) in [6.07, 6.45) is 9.56. The van der Waals surface area contributed by atoms with Crippen molar-refractivity contribution in [3.05, 3.63) is 59.1 Å². The number of rotatable bonds is 5. The van der Waals surface area contributed by atoms with E-state index in [2.05, 4.69) is 29.2 Å². The molecular weight excluding hydrogens is 472 g/mol. The van der Waals surface area contributed by atoms with Gasteiger partial charge in [-0.3, -0.25) is 9.69 Å². The summed E-state index contributed by atoms with van der Waals surface area (Å²) in [7, 11) is 0. The van der Waals surface area contributed by atoms with Crippen molar-refractivity contribution in [2.45, 2.75) is 51.4 Å². The van der Waals surface area contributed by atoms with Crippen LogP contribution in [-0.2, 0) is 11.2 Å². The van der Waals surface area contributed by atoms with E-state index in [-0.39, 0.29) is 17.9 Å². The minimum absolute atomic E-state index is 0.0674. The topological polar surface area (TPSA) is 42.0 Å². The van der Waals surface area contributed by atoms with Crippen molar-refractivity contribution in [3.63, 3.8) is 0 Å². The Morgan fingerprint density at radius 3 is 2.67 bits per heavy atom. The monoisotopic (exact) mass is 510 g/mol. The van der Waals surface area contributed by atoms with Crippen LogP contribution in [0.4, 0.5) is 0 Å². The summed E-state index contributed by atoms with van der Waals surface area (Å²) in [4.78, 5) is 17.6. The van der Waals surface area contributed by atoms with E-state index >= 15 is 0 Å². The van der Waals surface area contributed by atoms with E-state index in [1.807, 2.05) is 17.0 Å². The molecule has 5 nitrogen and oxygen atoms in total. The molecule has 0 atom stereocenters. The van der Waals surface area contributed by atoms with Gasteiger partial charge in [0.15, 0.2) is 6.61 Å². The van der Waals surface area contributed by atoms with Gasteiger partial charge in [0.1, 0.15) is 18.1 Å². The molecule has 1 aliphatic carbocycles. The fourth-order valence-corrected chi connectivity index (χ4v) is 6.02. The molecule has 2 fully saturated rings. The molecule has 0 aromatic heterocycles. The van der Waals surface area contributed by atoms with Crippen LogP contribution in [-0.4, -0.2) is 61.6 Å². The van der Waals surface area contributed by atoms with Crippen LogP contribution in [0, 0.1) is 11.3 Å². The number of hydrogen-bond donors (Lipinski definition) is 0. The predicted octanol–water partition coefficient (Wildman–Crippen LogP) is 5.85. The van der Waals surface area contributed by atoms with Gasteiger partial charge in [0.05, 0.1) is 0 Å². The Bertz CT molecular complexity index is 1020. The van der Waals surface area contributed by atoms with Gasteiger partial charge in [0.2, 0.25) is 0 Å². The van der Waals surface area contributed by atoms with E-state index in [4.69, 9.17) is 21.1 Å². The highest BCUT2D eigenvalue weighted by Crippen LogP contribution is 2.40. The van der Waals surface area contributed by atoms with Crippen molar-refractivity contribution in [2.24, 2.45) is 11.3 Å². The smallest absolute Gasteiger partial charge is 0.260 e. The summed E-state index contributed by atoms with van der Waals surface area (Å²) in [5.41, 5.74) is 1.61. The van der Waals surface area contributed by atoms with Crippen molar-refractivity contribution in [3.8, 4) is 11.5 Å². The Labute approximate surface area is 220 Å². The van der Waals surface area contributed by atoms with Gasteiger partial charge in [-0.25, -0.2) is 0 Å². The molecule has 1 saturated heterocycles. The van der Waals surface area contributed by atoms with Gasteiger partial charge in [-0.15, -0.1) is 0 Å². The number of hydrogen-bond acceptors (Lipinski definition) is 4. The molecule has 0 radical (unpaired) electrons. The number of ether oxygens (including phenoxy) is 2. The number of nitrogens with zero attached hydrogens (tertiary/aromatic N) is 2. The fraction of sp³-hybridized carbons (Fsp3) is 0.567. The zero-order valence-electron chi connectivity index (χ0n) is 21.3. The lowest BCUT2D eigenvalue weighted by molar-refractivity contribution is -0.136. The molecule has 6 heteroatoms. The average Bonchev–Trinajstić information content (AvgIpc) is 3.70. The Morgan fingerprint density at radius 1 is 1.03 bits per heavy atom. The second-order valence-electron chi connectivity index (χ2n) is 11.0. The maximum Gasteiger partial charge on any atom is 0.260 e. The van der Waals surface area contributed by atoms with Crippen molar-refractivity contribution in [2.75, 3.05) is 45.9 Å². The summed E-state index contributed by atoms with van der Waals surface area (Å²) in [6.45, 7) is 5.72. The van der Waals surface area contributed by atoms with Gasteiger partial charge in [0, 0.05) is 37.7 Å². The normalized spacial score (nSPS) is 21.1. The third-order valence-electron chi connectivity index (χ3n) is 8.15. The second kappa shape index (κ2) is 11.9. The molecule has 2 heterocycles. The summed E-state index contributed by atoms with van der Waals surface area (Å²) >= 11 is 6.04. The van der Waals surface area contributed by atoms with E-state index < -0.39 is 0 Å². The summed E-state index contributed by atoms with van der Waals surface area (Å²) < 4.78 is 12.0. The van der Waals surface area contributed by atoms with Crippen LogP contribution < -0.4 is 9.47 Å². The number of para-hydroxylation sites is 1. The summed E-state index contributed by atoms with van der Waals surface area (Å²) in [5.74, 6) is 2.62. The van der Waals surface area contributed by atoms with Crippen LogP contribution in [0.15, 0.2) is 48.5 Å². The summed E-state index contributed by atoms with van der Waals surface area (Å²) in [5, 5.41) is 0.618. The zero-order chi connectivity index (χ0) is 24.8. The molecule has 2 aromatic rings. The SMILES string of the molecule is O=C(COc1cccc(Cl)c1)N1CCC2(CCCCc3ccccc3OCCN(CC3CC3)C2)CC1. The van der Waals surface area contributed by atoms with Crippen molar-refractivity contribution < 1.29 is 14.3 Å². The van der Waals surface area contributed by atoms with Crippen LogP contribution in [0.1, 0.15) is 50.5 Å². The van der Waals surface area contributed by atoms with E-state index in [0.29, 0.717) is 10.8 Å². The molecular formula is C30H39ClN2O3. The first-order valence-corrected chi connectivity index (χ1v) is 14.1. The Morgan fingerprint density at radius 2 is 1.86 bits per heavy atom. The van der Waals surface area contributed by atoms with E-state index in [1.54, 1.807) is 12.1 Å². The number of benzene rings is 2. The molecule has 0 N–H and O–H groups in total. The van der Waals surface area contributed by atoms with Gasteiger partial charge in [-0.1, -0.05) is 42.3 Å². The van der Waals surface area contributed by atoms with E-state index in [0.717, 1.165) is 63.7 Å². The molecule has 1 amide bonds. The lowest BCUT2D eigenvalue weighted by Crippen LogP contribution is -2.49. The highest BCUT2D eigenvalue weighted by molar-refractivity contribution is 6.30. The maximum absolute atomic E-state index is 12.9. The van der Waals surface area contributed by atoms with Gasteiger partial charge in [-0.05, 0) is 86.1 Å². The highest BCUT2D eigenvalue weighted by atomic mass is 35.5. The zero-order valence-corrected chi connectivity index (χ0v) is 22.1. The van der Waals surface area contributed by atoms with E-state index in [1.165, 1.54) is 44.2 Å². The number of aryl methyl sites for hydroxylation is 1. The fourth-order valence-electron chi connectivity index (χ4n) is 5.84. The van der Waals surface area contributed by atoms with Crippen molar-refractivity contribution in [1.82, 2.24) is 9.80 Å². The first-order chi connectivity index (χ1) is 17.6. The molecule has 1 spiro atoms. The highest BCUT2D eigenvalue weighted by Gasteiger charge is 2.38. The van der Waals surface area contributed by atoms with Crippen LogP contribution in [0.3, 0.4) is 0 Å². The molecule has 1 saturated carbocycles. The molecule has 2 aromatic carbocycles. The third-order valence-corrected chi connectivity index (χ3v) is 8.38. The first-order valence-electron chi connectivity index (χ1n) is 13.7. The largest absolute Gasteiger partial charge is 0.492 e. The van der Waals surface area contributed by atoms with E-state index in [9.17, 15) is 4.79 Å². The van der Waals surface area contributed by atoms with Crippen molar-refractivity contribution in [1.29, 1.82) is 0 Å². The molecule has 3 aliphatic rings. The van der Waals surface area contributed by atoms with Crippen molar-refractivity contribution >= 4 is 17.5 Å². The first kappa shape index (κ1) is 25.4. The van der Waals surface area contributed by atoms with Gasteiger partial charge >= 0.3 is 0 Å². The number of carbonyl (C=O) groups is 1. The second-order valence-corrected chi connectivity index (χ2v) is 11.4. The van der Waals surface area contributed by atoms with Gasteiger partial charge in [-0.2, -0.15) is 0 Å². The van der Waals surface area contributed by atoms with Gasteiger partial charge < -0.3 is 14.4 Å². The lowest BCUT2D eigenvalue weighted by atomic mass is 9.73. The molecule has 0 bridgehead atoms. The Kier molecular flexibility index (Phi) is 8.38. The maximum atomic E-state index is 12.9. The minimum atomic E-state index is 0.0674.